The number of thioether (sulfide) groups is 1. The fourth-order valence-electron chi connectivity index (χ4n) is 3.73. The van der Waals surface area contributed by atoms with E-state index in [1.807, 2.05) is 22.4 Å². The quantitative estimate of drug-likeness (QED) is 0.587. The molecule has 4 rings (SSSR count). The summed E-state index contributed by atoms with van der Waals surface area (Å²) in [6.07, 6.45) is 0.0881. The summed E-state index contributed by atoms with van der Waals surface area (Å²) in [7, 11) is 1.33. The molecule has 0 saturated carbocycles. The van der Waals surface area contributed by atoms with Crippen LogP contribution >= 0.6 is 23.4 Å². The number of nitrogens with zero attached hydrogens (tertiary/aromatic N) is 2. The highest BCUT2D eigenvalue weighted by molar-refractivity contribution is 8.16. The van der Waals surface area contributed by atoms with Gasteiger partial charge in [-0.05, 0) is 47.7 Å². The van der Waals surface area contributed by atoms with Gasteiger partial charge in [-0.2, -0.15) is 0 Å². The molecule has 0 saturated heterocycles. The summed E-state index contributed by atoms with van der Waals surface area (Å²) < 4.78 is 18.1. The third kappa shape index (κ3) is 4.96. The molecule has 2 aromatic carbocycles. The predicted molar refractivity (Wildman–Crippen MR) is 127 cm³/mol. The van der Waals surface area contributed by atoms with Gasteiger partial charge in [-0.15, -0.1) is 0 Å². The molecule has 170 valence electrons. The maximum absolute atomic E-state index is 13.1. The number of allylic oxidation sites excluding steroid dienone is 1. The third-order valence-corrected chi connectivity index (χ3v) is 6.48. The average molecular weight is 486 g/mol. The van der Waals surface area contributed by atoms with E-state index in [0.29, 0.717) is 27.2 Å². The summed E-state index contributed by atoms with van der Waals surface area (Å²) in [5.74, 6) is -1.01. The summed E-state index contributed by atoms with van der Waals surface area (Å²) in [5.41, 5.74) is 3.31. The molecule has 1 atom stereocenters. The molecule has 1 N–H and O–H groups in total. The monoisotopic (exact) mass is 485 g/mol. The number of halogens is 2. The lowest BCUT2D eigenvalue weighted by Gasteiger charge is -2.36. The van der Waals surface area contributed by atoms with Crippen molar-refractivity contribution in [3.05, 3.63) is 92.9 Å². The van der Waals surface area contributed by atoms with Crippen LogP contribution in [0.3, 0.4) is 0 Å². The van der Waals surface area contributed by atoms with Gasteiger partial charge in [0.2, 0.25) is 5.91 Å². The summed E-state index contributed by atoms with van der Waals surface area (Å²) in [6, 6.07) is 12.7. The van der Waals surface area contributed by atoms with Gasteiger partial charge in [-0.3, -0.25) is 4.79 Å². The minimum atomic E-state index is -0.506. The van der Waals surface area contributed by atoms with Crippen LogP contribution in [-0.4, -0.2) is 29.1 Å². The number of aliphatic imine (C=N–C) groups is 1. The Hall–Kier alpha value is -3.10. The molecule has 0 aliphatic carbocycles. The first-order chi connectivity index (χ1) is 15.9. The molecule has 2 heterocycles. The number of rotatable bonds is 6. The highest BCUT2D eigenvalue weighted by Gasteiger charge is 2.40. The van der Waals surface area contributed by atoms with Gasteiger partial charge in [0.05, 0.1) is 30.8 Å². The molecule has 2 aromatic rings. The Morgan fingerprint density at radius 2 is 1.88 bits per heavy atom. The van der Waals surface area contributed by atoms with Gasteiger partial charge in [-0.1, -0.05) is 47.6 Å². The Labute approximate surface area is 200 Å². The van der Waals surface area contributed by atoms with Crippen molar-refractivity contribution < 1.29 is 18.7 Å². The first-order valence-corrected chi connectivity index (χ1v) is 11.4. The molecule has 0 spiro atoms. The number of amides is 1. The van der Waals surface area contributed by atoms with Crippen molar-refractivity contribution >= 4 is 40.4 Å². The molecule has 1 amide bonds. The fourth-order valence-corrected chi connectivity index (χ4v) is 4.82. The highest BCUT2D eigenvalue weighted by Crippen LogP contribution is 2.44. The van der Waals surface area contributed by atoms with E-state index in [1.54, 1.807) is 31.2 Å². The predicted octanol–water partition coefficient (Wildman–Crippen LogP) is 4.93. The molecule has 0 radical (unpaired) electrons. The summed E-state index contributed by atoms with van der Waals surface area (Å²) in [5, 5.41) is 5.99. The lowest BCUT2D eigenvalue weighted by Crippen LogP contribution is -2.37. The van der Waals surface area contributed by atoms with Gasteiger partial charge in [0.15, 0.2) is 5.17 Å². The second kappa shape index (κ2) is 9.80. The number of amidine groups is 1. The number of hydrogen-bond acceptors (Lipinski definition) is 6. The van der Waals surface area contributed by atoms with Crippen LogP contribution in [0.4, 0.5) is 4.39 Å². The van der Waals surface area contributed by atoms with Crippen molar-refractivity contribution in [2.75, 3.05) is 7.11 Å². The van der Waals surface area contributed by atoms with Crippen molar-refractivity contribution in [1.82, 2.24) is 10.2 Å². The first kappa shape index (κ1) is 23.1. The van der Waals surface area contributed by atoms with Crippen LogP contribution in [0.1, 0.15) is 30.5 Å². The Bertz CT molecular complexity index is 1180. The number of hydrogen-bond donors (Lipinski definition) is 1. The molecular weight excluding hydrogens is 465 g/mol. The second-order valence-electron chi connectivity index (χ2n) is 7.52. The third-order valence-electron chi connectivity index (χ3n) is 5.34. The zero-order valence-corrected chi connectivity index (χ0v) is 19.5. The van der Waals surface area contributed by atoms with Crippen molar-refractivity contribution in [1.29, 1.82) is 0 Å². The highest BCUT2D eigenvalue weighted by atomic mass is 35.5. The van der Waals surface area contributed by atoms with E-state index in [-0.39, 0.29) is 24.7 Å². The number of benzene rings is 2. The molecule has 33 heavy (non-hydrogen) atoms. The maximum Gasteiger partial charge on any atom is 0.338 e. The van der Waals surface area contributed by atoms with E-state index in [4.69, 9.17) is 16.3 Å². The number of carbonyl (C=O) groups excluding carboxylic acids is 2. The zero-order chi connectivity index (χ0) is 23.5. The standard InChI is InChI=1S/C24H21ClFN3O3S/c1-14-21(23(31)32-2)22(16-5-7-17(25)8-6-16)29-19(13-33-24(29)28-14)11-20(30)27-12-15-3-9-18(26)10-4-15/h3-10,13,22H,11-12H2,1-2H3,(H,27,30). The number of fused-ring (bicyclic) bond motifs is 1. The van der Waals surface area contributed by atoms with Crippen LogP contribution in [0.15, 0.2) is 75.9 Å². The molecule has 9 heteroatoms. The molecule has 2 aliphatic heterocycles. The largest absolute Gasteiger partial charge is 0.466 e. The fraction of sp³-hybridized carbons (Fsp3) is 0.208. The van der Waals surface area contributed by atoms with E-state index in [2.05, 4.69) is 10.3 Å². The van der Waals surface area contributed by atoms with Crippen LogP contribution in [-0.2, 0) is 20.9 Å². The van der Waals surface area contributed by atoms with Gasteiger partial charge in [0.25, 0.3) is 0 Å². The van der Waals surface area contributed by atoms with Gasteiger partial charge in [0, 0.05) is 17.3 Å². The lowest BCUT2D eigenvalue weighted by molar-refractivity contribution is -0.136. The van der Waals surface area contributed by atoms with Crippen molar-refractivity contribution in [3.8, 4) is 0 Å². The van der Waals surface area contributed by atoms with Crippen molar-refractivity contribution in [2.45, 2.75) is 25.9 Å². The molecule has 1 unspecified atom stereocenters. The van der Waals surface area contributed by atoms with Gasteiger partial charge >= 0.3 is 5.97 Å². The summed E-state index contributed by atoms with van der Waals surface area (Å²) in [4.78, 5) is 31.9. The smallest absolute Gasteiger partial charge is 0.338 e. The maximum atomic E-state index is 13.1. The van der Waals surface area contributed by atoms with Gasteiger partial charge in [-0.25, -0.2) is 14.2 Å². The van der Waals surface area contributed by atoms with E-state index < -0.39 is 12.0 Å². The van der Waals surface area contributed by atoms with Crippen molar-refractivity contribution in [3.63, 3.8) is 0 Å². The van der Waals surface area contributed by atoms with Gasteiger partial charge < -0.3 is 15.0 Å². The van der Waals surface area contributed by atoms with Crippen molar-refractivity contribution in [2.24, 2.45) is 4.99 Å². The molecule has 2 aliphatic rings. The minimum absolute atomic E-state index is 0.0881. The van der Waals surface area contributed by atoms with E-state index in [1.165, 1.54) is 31.0 Å². The van der Waals surface area contributed by atoms with E-state index in [0.717, 1.165) is 11.1 Å². The second-order valence-corrected chi connectivity index (χ2v) is 8.79. The number of methoxy groups -OCH3 is 1. The lowest BCUT2D eigenvalue weighted by atomic mass is 9.94. The van der Waals surface area contributed by atoms with E-state index in [9.17, 15) is 14.0 Å². The van der Waals surface area contributed by atoms with E-state index >= 15 is 0 Å². The Morgan fingerprint density at radius 1 is 1.18 bits per heavy atom. The molecule has 6 nitrogen and oxygen atoms in total. The Morgan fingerprint density at radius 3 is 2.55 bits per heavy atom. The van der Waals surface area contributed by atoms with Crippen LogP contribution in [0.5, 0.6) is 0 Å². The normalized spacial score (nSPS) is 17.3. The summed E-state index contributed by atoms with van der Waals surface area (Å²) >= 11 is 7.48. The first-order valence-electron chi connectivity index (χ1n) is 10.2. The number of nitrogens with one attached hydrogen (secondary N) is 1. The molecular formula is C24H21ClFN3O3S. The number of esters is 1. The van der Waals surface area contributed by atoms with Crippen LogP contribution in [0.2, 0.25) is 5.02 Å². The number of ether oxygens (including phenoxy) is 1. The number of carbonyl (C=O) groups is 2. The van der Waals surface area contributed by atoms with Gasteiger partial charge in [0.1, 0.15) is 5.82 Å². The SMILES string of the molecule is COC(=O)C1=C(C)N=C2SC=C(CC(=O)NCc3ccc(F)cc3)N2C1c1ccc(Cl)cc1. The molecule has 0 fully saturated rings. The van der Waals surface area contributed by atoms with Crippen LogP contribution < -0.4 is 5.32 Å². The van der Waals surface area contributed by atoms with Crippen LogP contribution in [0.25, 0.3) is 0 Å². The molecule has 0 aromatic heterocycles. The molecule has 0 bridgehead atoms. The summed E-state index contributed by atoms with van der Waals surface area (Å²) in [6.45, 7) is 2.06. The topological polar surface area (TPSA) is 71.0 Å². The average Bonchev–Trinajstić information content (AvgIpc) is 3.19. The Kier molecular flexibility index (Phi) is 6.85. The minimum Gasteiger partial charge on any atom is -0.466 e. The zero-order valence-electron chi connectivity index (χ0n) is 18.0. The van der Waals surface area contributed by atoms with Crippen LogP contribution in [0, 0.1) is 5.82 Å². The Balaban J connectivity index is 1.58.